The monoisotopic (exact) mass is 280 g/mol. The lowest BCUT2D eigenvalue weighted by Crippen LogP contribution is -2.50. The van der Waals surface area contributed by atoms with Gasteiger partial charge < -0.3 is 11.1 Å². The van der Waals surface area contributed by atoms with Crippen LogP contribution in [0.5, 0.6) is 0 Å². The minimum Gasteiger partial charge on any atom is -0.337 e. The van der Waals surface area contributed by atoms with E-state index in [1.54, 1.807) is 0 Å². The SMILES string of the molecule is CCN(CC(=O)NC1(C#N)CCCC1)CC(C)(C)CN. The fraction of sp³-hybridized carbons (Fsp3) is 0.867. The summed E-state index contributed by atoms with van der Waals surface area (Å²) >= 11 is 0. The number of nitriles is 1. The maximum absolute atomic E-state index is 12.2. The van der Waals surface area contributed by atoms with Gasteiger partial charge in [-0.05, 0) is 44.2 Å². The van der Waals surface area contributed by atoms with Gasteiger partial charge in [-0.15, -0.1) is 0 Å². The molecule has 1 fully saturated rings. The van der Waals surface area contributed by atoms with Gasteiger partial charge in [0, 0.05) is 6.54 Å². The predicted molar refractivity (Wildman–Crippen MR) is 79.9 cm³/mol. The van der Waals surface area contributed by atoms with Crippen LogP contribution in [-0.4, -0.2) is 42.5 Å². The molecule has 5 nitrogen and oxygen atoms in total. The van der Waals surface area contributed by atoms with E-state index in [9.17, 15) is 10.1 Å². The van der Waals surface area contributed by atoms with E-state index in [-0.39, 0.29) is 11.3 Å². The highest BCUT2D eigenvalue weighted by molar-refractivity contribution is 5.79. The van der Waals surface area contributed by atoms with Gasteiger partial charge in [-0.1, -0.05) is 20.8 Å². The third kappa shape index (κ3) is 4.77. The largest absolute Gasteiger partial charge is 0.337 e. The Hall–Kier alpha value is -1.12. The van der Waals surface area contributed by atoms with Gasteiger partial charge in [0.25, 0.3) is 0 Å². The Labute approximate surface area is 122 Å². The van der Waals surface area contributed by atoms with Crippen LogP contribution >= 0.6 is 0 Å². The highest BCUT2D eigenvalue weighted by Gasteiger charge is 2.35. The van der Waals surface area contributed by atoms with Crippen LogP contribution in [-0.2, 0) is 4.79 Å². The highest BCUT2D eigenvalue weighted by Crippen LogP contribution is 2.28. The van der Waals surface area contributed by atoms with Gasteiger partial charge in [0.15, 0.2) is 0 Å². The van der Waals surface area contributed by atoms with Crippen molar-refractivity contribution in [2.24, 2.45) is 11.1 Å². The average molecular weight is 280 g/mol. The van der Waals surface area contributed by atoms with Gasteiger partial charge in [0.2, 0.25) is 5.91 Å². The maximum Gasteiger partial charge on any atom is 0.235 e. The molecule has 0 aromatic rings. The molecule has 1 rings (SSSR count). The molecule has 0 radical (unpaired) electrons. The van der Waals surface area contributed by atoms with E-state index >= 15 is 0 Å². The van der Waals surface area contributed by atoms with Crippen LogP contribution in [0, 0.1) is 16.7 Å². The summed E-state index contributed by atoms with van der Waals surface area (Å²) in [6.07, 6.45) is 3.59. The van der Waals surface area contributed by atoms with Crippen molar-refractivity contribution in [3.63, 3.8) is 0 Å². The smallest absolute Gasteiger partial charge is 0.235 e. The van der Waals surface area contributed by atoms with E-state index in [1.165, 1.54) is 0 Å². The summed E-state index contributed by atoms with van der Waals surface area (Å²) in [5.41, 5.74) is 5.12. The molecule has 0 bridgehead atoms. The number of nitrogens with two attached hydrogens (primary N) is 1. The van der Waals surface area contributed by atoms with Crippen LogP contribution < -0.4 is 11.1 Å². The molecule has 1 amide bonds. The standard InChI is InChI=1S/C15H28N4O/c1-4-19(12-14(2,3)10-16)9-13(20)18-15(11-17)7-5-6-8-15/h4-10,12,16H2,1-3H3,(H,18,20). The van der Waals surface area contributed by atoms with Crippen LogP contribution in [0.4, 0.5) is 0 Å². The normalized spacial score (nSPS) is 18.0. The van der Waals surface area contributed by atoms with E-state index in [1.807, 2.05) is 6.92 Å². The lowest BCUT2D eigenvalue weighted by molar-refractivity contribution is -0.123. The van der Waals surface area contributed by atoms with E-state index in [2.05, 4.69) is 30.1 Å². The number of carbonyl (C=O) groups excluding carboxylic acids is 1. The molecule has 1 saturated carbocycles. The Morgan fingerprint density at radius 2 is 2.05 bits per heavy atom. The summed E-state index contributed by atoms with van der Waals surface area (Å²) in [7, 11) is 0. The summed E-state index contributed by atoms with van der Waals surface area (Å²) in [5.74, 6) is -0.0527. The van der Waals surface area contributed by atoms with Crippen molar-refractivity contribution >= 4 is 5.91 Å². The Morgan fingerprint density at radius 1 is 1.45 bits per heavy atom. The zero-order valence-corrected chi connectivity index (χ0v) is 13.0. The van der Waals surface area contributed by atoms with Gasteiger partial charge in [-0.25, -0.2) is 0 Å². The summed E-state index contributed by atoms with van der Waals surface area (Å²) in [4.78, 5) is 14.3. The second kappa shape index (κ2) is 7.05. The van der Waals surface area contributed by atoms with Gasteiger partial charge in [0.1, 0.15) is 5.54 Å². The third-order valence-corrected chi connectivity index (χ3v) is 4.07. The Morgan fingerprint density at radius 3 is 2.50 bits per heavy atom. The predicted octanol–water partition coefficient (Wildman–Crippen LogP) is 1.25. The molecular formula is C15H28N4O. The average Bonchev–Trinajstić information content (AvgIpc) is 2.86. The lowest BCUT2D eigenvalue weighted by atomic mass is 9.93. The maximum atomic E-state index is 12.2. The molecule has 0 spiro atoms. The quantitative estimate of drug-likeness (QED) is 0.735. The zero-order chi connectivity index (χ0) is 15.2. The summed E-state index contributed by atoms with van der Waals surface area (Å²) < 4.78 is 0. The molecule has 0 aromatic carbocycles. The van der Waals surface area contributed by atoms with Crippen LogP contribution in [0.2, 0.25) is 0 Å². The van der Waals surface area contributed by atoms with Crippen LogP contribution in [0.15, 0.2) is 0 Å². The molecule has 114 valence electrons. The number of carbonyl (C=O) groups is 1. The highest BCUT2D eigenvalue weighted by atomic mass is 16.2. The molecule has 3 N–H and O–H groups in total. The summed E-state index contributed by atoms with van der Waals surface area (Å²) in [6, 6.07) is 2.29. The summed E-state index contributed by atoms with van der Waals surface area (Å²) in [5, 5.41) is 12.2. The van der Waals surface area contributed by atoms with E-state index in [0.717, 1.165) is 38.8 Å². The Bertz CT molecular complexity index is 367. The fourth-order valence-electron chi connectivity index (χ4n) is 2.70. The van der Waals surface area contributed by atoms with Crippen molar-refractivity contribution in [1.29, 1.82) is 5.26 Å². The topological polar surface area (TPSA) is 82.2 Å². The summed E-state index contributed by atoms with van der Waals surface area (Å²) in [6.45, 7) is 8.75. The Kier molecular flexibility index (Phi) is 5.97. The molecule has 0 saturated heterocycles. The first-order valence-corrected chi connectivity index (χ1v) is 7.51. The number of rotatable bonds is 7. The second-order valence-electron chi connectivity index (χ2n) is 6.62. The number of amides is 1. The first-order valence-electron chi connectivity index (χ1n) is 7.51. The lowest BCUT2D eigenvalue weighted by Gasteiger charge is -2.31. The minimum atomic E-state index is -0.625. The third-order valence-electron chi connectivity index (χ3n) is 4.07. The molecule has 0 aliphatic heterocycles. The van der Waals surface area contributed by atoms with Crippen molar-refractivity contribution in [2.45, 2.75) is 52.0 Å². The van der Waals surface area contributed by atoms with Crippen molar-refractivity contribution in [3.05, 3.63) is 0 Å². The number of hydrogen-bond acceptors (Lipinski definition) is 4. The van der Waals surface area contributed by atoms with Crippen molar-refractivity contribution in [1.82, 2.24) is 10.2 Å². The second-order valence-corrected chi connectivity index (χ2v) is 6.62. The minimum absolute atomic E-state index is 0.00341. The molecule has 1 aliphatic carbocycles. The number of hydrogen-bond donors (Lipinski definition) is 2. The van der Waals surface area contributed by atoms with Gasteiger partial charge in [0.05, 0.1) is 12.6 Å². The van der Waals surface area contributed by atoms with Crippen molar-refractivity contribution in [3.8, 4) is 6.07 Å². The van der Waals surface area contributed by atoms with Gasteiger partial charge in [-0.2, -0.15) is 5.26 Å². The number of nitrogens with zero attached hydrogens (tertiary/aromatic N) is 2. The molecule has 0 heterocycles. The molecule has 5 heteroatoms. The van der Waals surface area contributed by atoms with Crippen molar-refractivity contribution < 1.29 is 4.79 Å². The van der Waals surface area contributed by atoms with Crippen molar-refractivity contribution in [2.75, 3.05) is 26.2 Å². The van der Waals surface area contributed by atoms with Gasteiger partial charge in [-0.3, -0.25) is 9.69 Å². The molecular weight excluding hydrogens is 252 g/mol. The van der Waals surface area contributed by atoms with E-state index in [0.29, 0.717) is 13.1 Å². The zero-order valence-electron chi connectivity index (χ0n) is 13.0. The number of likely N-dealkylation sites (N-methyl/N-ethyl adjacent to an activating group) is 1. The number of nitrogens with one attached hydrogen (secondary N) is 1. The molecule has 0 aromatic heterocycles. The van der Waals surface area contributed by atoms with Gasteiger partial charge >= 0.3 is 0 Å². The Balaban J connectivity index is 2.53. The molecule has 0 unspecified atom stereocenters. The van der Waals surface area contributed by atoms with Crippen LogP contribution in [0.3, 0.4) is 0 Å². The molecule has 1 aliphatic rings. The fourth-order valence-corrected chi connectivity index (χ4v) is 2.70. The van der Waals surface area contributed by atoms with E-state index in [4.69, 9.17) is 5.73 Å². The van der Waals surface area contributed by atoms with Crippen LogP contribution in [0.25, 0.3) is 0 Å². The van der Waals surface area contributed by atoms with Crippen LogP contribution in [0.1, 0.15) is 46.5 Å². The molecule has 0 atom stereocenters. The first kappa shape index (κ1) is 16.9. The van der Waals surface area contributed by atoms with E-state index < -0.39 is 5.54 Å². The first-order chi connectivity index (χ1) is 9.36. The molecule has 20 heavy (non-hydrogen) atoms.